The number of hydrogen-bond donors (Lipinski definition) is 0. The van der Waals surface area contributed by atoms with Gasteiger partial charge in [-0.3, -0.25) is 9.69 Å². The zero-order chi connectivity index (χ0) is 19.2. The lowest BCUT2D eigenvalue weighted by Gasteiger charge is -2.35. The van der Waals surface area contributed by atoms with E-state index in [1.54, 1.807) is 6.92 Å². The van der Waals surface area contributed by atoms with Gasteiger partial charge < -0.3 is 9.80 Å². The molecule has 1 aromatic carbocycles. The number of benzene rings is 1. The molecule has 1 saturated heterocycles. The summed E-state index contributed by atoms with van der Waals surface area (Å²) in [5, 5.41) is 1.05. The number of carbonyl (C=O) groups excluding carboxylic acids is 1. The molecule has 0 aliphatic carbocycles. The van der Waals surface area contributed by atoms with E-state index in [9.17, 15) is 4.79 Å². The molecule has 3 rings (SSSR count). The highest BCUT2D eigenvalue weighted by atomic mass is 16.2. The third-order valence-electron chi connectivity index (χ3n) is 4.79. The van der Waals surface area contributed by atoms with Crippen LogP contribution in [0.3, 0.4) is 0 Å². The minimum Gasteiger partial charge on any atom is -0.352 e. The van der Waals surface area contributed by atoms with Gasteiger partial charge in [-0.15, -0.1) is 13.2 Å². The van der Waals surface area contributed by atoms with Crippen molar-refractivity contribution in [3.63, 3.8) is 0 Å². The fourth-order valence-electron chi connectivity index (χ4n) is 3.42. The molecule has 142 valence electrons. The molecule has 1 aliphatic rings. The summed E-state index contributed by atoms with van der Waals surface area (Å²) in [6, 6.07) is 8.11. The lowest BCUT2D eigenvalue weighted by atomic mass is 10.2. The molecule has 27 heavy (non-hydrogen) atoms. The van der Waals surface area contributed by atoms with E-state index in [0.29, 0.717) is 6.54 Å². The van der Waals surface area contributed by atoms with Crippen LogP contribution in [0.5, 0.6) is 0 Å². The molecule has 0 atom stereocenters. The van der Waals surface area contributed by atoms with Gasteiger partial charge in [0.25, 0.3) is 0 Å². The van der Waals surface area contributed by atoms with Crippen molar-refractivity contribution in [2.75, 3.05) is 44.2 Å². The summed E-state index contributed by atoms with van der Waals surface area (Å²) in [5.74, 6) is 1.88. The second-order valence-electron chi connectivity index (χ2n) is 6.75. The van der Waals surface area contributed by atoms with E-state index in [0.717, 1.165) is 61.8 Å². The van der Waals surface area contributed by atoms with E-state index in [-0.39, 0.29) is 5.91 Å². The number of aromatic nitrogens is 2. The molecule has 1 aliphatic heterocycles. The summed E-state index contributed by atoms with van der Waals surface area (Å²) in [7, 11) is 0. The summed E-state index contributed by atoms with van der Waals surface area (Å²) in [5.41, 5.74) is 0.948. The lowest BCUT2D eigenvalue weighted by Crippen LogP contribution is -2.48. The number of piperazine rings is 1. The Hall–Kier alpha value is -2.73. The van der Waals surface area contributed by atoms with Crippen LogP contribution in [0, 0.1) is 0 Å². The van der Waals surface area contributed by atoms with E-state index in [4.69, 9.17) is 9.97 Å². The Labute approximate surface area is 160 Å². The van der Waals surface area contributed by atoms with Crippen LogP contribution < -0.4 is 4.90 Å². The van der Waals surface area contributed by atoms with Gasteiger partial charge in [-0.2, -0.15) is 0 Å². The van der Waals surface area contributed by atoms with Gasteiger partial charge in [0.1, 0.15) is 11.6 Å². The second kappa shape index (κ2) is 8.77. The third kappa shape index (κ3) is 4.52. The molecule has 0 N–H and O–H groups in total. The lowest BCUT2D eigenvalue weighted by molar-refractivity contribution is -0.129. The third-order valence-corrected chi connectivity index (χ3v) is 4.79. The number of anilines is 1. The van der Waals surface area contributed by atoms with Crippen molar-refractivity contribution in [1.82, 2.24) is 19.8 Å². The van der Waals surface area contributed by atoms with E-state index in [1.165, 1.54) is 0 Å². The fraction of sp³-hybridized carbons (Fsp3) is 0.381. The number of rotatable bonds is 7. The number of carbonyl (C=O) groups is 1. The highest BCUT2D eigenvalue weighted by Gasteiger charge is 2.22. The number of amides is 1. The van der Waals surface area contributed by atoms with Gasteiger partial charge in [0.15, 0.2) is 0 Å². The van der Waals surface area contributed by atoms with Crippen molar-refractivity contribution in [1.29, 1.82) is 0 Å². The molecular weight excluding hydrogens is 338 g/mol. The zero-order valence-corrected chi connectivity index (χ0v) is 16.0. The highest BCUT2D eigenvalue weighted by molar-refractivity contribution is 5.89. The summed E-state index contributed by atoms with van der Waals surface area (Å²) in [6.07, 6.45) is 3.76. The van der Waals surface area contributed by atoms with Gasteiger partial charge in [-0.25, -0.2) is 9.97 Å². The van der Waals surface area contributed by atoms with Crippen LogP contribution in [-0.4, -0.2) is 64.9 Å². The number of hydrogen-bond acceptors (Lipinski definition) is 5. The molecule has 1 aromatic heterocycles. The summed E-state index contributed by atoms with van der Waals surface area (Å²) < 4.78 is 0. The minimum absolute atomic E-state index is 0.132. The number of para-hydroxylation sites is 1. The van der Waals surface area contributed by atoms with E-state index >= 15 is 0 Å². The SMILES string of the molecule is C=CCN(CC=C)Cc1nc(N2CCN(C(C)=O)CC2)c2ccccc2n1. The van der Waals surface area contributed by atoms with Crippen LogP contribution in [0.4, 0.5) is 5.82 Å². The van der Waals surface area contributed by atoms with E-state index < -0.39 is 0 Å². The fourth-order valence-corrected chi connectivity index (χ4v) is 3.42. The highest BCUT2D eigenvalue weighted by Crippen LogP contribution is 2.25. The van der Waals surface area contributed by atoms with Crippen LogP contribution in [0.15, 0.2) is 49.6 Å². The smallest absolute Gasteiger partial charge is 0.219 e. The molecule has 0 radical (unpaired) electrons. The van der Waals surface area contributed by atoms with Crippen LogP contribution in [0.25, 0.3) is 10.9 Å². The van der Waals surface area contributed by atoms with Gasteiger partial charge in [0, 0.05) is 51.6 Å². The molecule has 0 unspecified atom stereocenters. The monoisotopic (exact) mass is 365 g/mol. The standard InChI is InChI=1S/C21H27N5O/c1-4-10-24(11-5-2)16-20-22-19-9-7-6-8-18(19)21(23-20)26-14-12-25(13-15-26)17(3)27/h4-9H,1-2,10-16H2,3H3. The molecule has 2 aromatic rings. The maximum Gasteiger partial charge on any atom is 0.219 e. The molecule has 1 fully saturated rings. The van der Waals surface area contributed by atoms with Crippen LogP contribution in [-0.2, 0) is 11.3 Å². The predicted molar refractivity (Wildman–Crippen MR) is 110 cm³/mol. The Morgan fingerprint density at radius 1 is 1.11 bits per heavy atom. The van der Waals surface area contributed by atoms with Crippen molar-refractivity contribution in [3.05, 3.63) is 55.4 Å². The van der Waals surface area contributed by atoms with Crippen molar-refractivity contribution in [2.45, 2.75) is 13.5 Å². The van der Waals surface area contributed by atoms with Crippen LogP contribution in [0.2, 0.25) is 0 Å². The minimum atomic E-state index is 0.132. The average Bonchev–Trinajstić information content (AvgIpc) is 2.68. The molecule has 0 bridgehead atoms. The van der Waals surface area contributed by atoms with E-state index in [1.807, 2.05) is 35.3 Å². The Morgan fingerprint density at radius 2 is 1.78 bits per heavy atom. The quantitative estimate of drug-likeness (QED) is 0.706. The largest absolute Gasteiger partial charge is 0.352 e. The summed E-state index contributed by atoms with van der Waals surface area (Å²) >= 11 is 0. The Morgan fingerprint density at radius 3 is 2.41 bits per heavy atom. The molecule has 1 amide bonds. The molecule has 6 nitrogen and oxygen atoms in total. The van der Waals surface area contributed by atoms with Gasteiger partial charge in [-0.1, -0.05) is 24.3 Å². The predicted octanol–water partition coefficient (Wildman–Crippen LogP) is 2.47. The molecule has 2 heterocycles. The zero-order valence-electron chi connectivity index (χ0n) is 16.0. The van der Waals surface area contributed by atoms with Crippen molar-refractivity contribution >= 4 is 22.6 Å². The number of fused-ring (bicyclic) bond motifs is 1. The van der Waals surface area contributed by atoms with Crippen molar-refractivity contribution < 1.29 is 4.79 Å². The molecule has 0 spiro atoms. The first kappa shape index (κ1) is 19.0. The van der Waals surface area contributed by atoms with Crippen LogP contribution in [0.1, 0.15) is 12.7 Å². The van der Waals surface area contributed by atoms with Gasteiger partial charge >= 0.3 is 0 Å². The normalized spacial score (nSPS) is 14.6. The Kier molecular flexibility index (Phi) is 6.19. The Balaban J connectivity index is 1.90. The van der Waals surface area contributed by atoms with Crippen LogP contribution >= 0.6 is 0 Å². The van der Waals surface area contributed by atoms with Crippen molar-refractivity contribution in [2.24, 2.45) is 0 Å². The van der Waals surface area contributed by atoms with Gasteiger partial charge in [0.2, 0.25) is 5.91 Å². The maximum absolute atomic E-state index is 11.6. The number of nitrogens with zero attached hydrogens (tertiary/aromatic N) is 5. The second-order valence-corrected chi connectivity index (χ2v) is 6.75. The molecular formula is C21H27N5O. The molecule has 0 saturated carbocycles. The van der Waals surface area contributed by atoms with Gasteiger partial charge in [0.05, 0.1) is 12.1 Å². The van der Waals surface area contributed by atoms with E-state index in [2.05, 4.69) is 29.0 Å². The summed E-state index contributed by atoms with van der Waals surface area (Å²) in [6.45, 7) is 14.5. The Bertz CT molecular complexity index is 816. The average molecular weight is 365 g/mol. The van der Waals surface area contributed by atoms with Gasteiger partial charge in [-0.05, 0) is 12.1 Å². The first-order valence-electron chi connectivity index (χ1n) is 9.32. The first-order chi connectivity index (χ1) is 13.1. The topological polar surface area (TPSA) is 52.6 Å². The van der Waals surface area contributed by atoms with Crippen molar-refractivity contribution in [3.8, 4) is 0 Å². The maximum atomic E-state index is 11.6. The first-order valence-corrected chi connectivity index (χ1v) is 9.32. The summed E-state index contributed by atoms with van der Waals surface area (Å²) in [4.78, 5) is 27.6. The molecule has 6 heteroatoms.